The minimum absolute atomic E-state index is 0.170. The van der Waals surface area contributed by atoms with E-state index in [0.717, 1.165) is 6.20 Å². The molecule has 0 bridgehead atoms. The molecule has 0 aliphatic carbocycles. The van der Waals surface area contributed by atoms with E-state index < -0.39 is 36.7 Å². The van der Waals surface area contributed by atoms with Crippen molar-refractivity contribution in [3.8, 4) is 0 Å². The van der Waals surface area contributed by atoms with Gasteiger partial charge in [0.2, 0.25) is 0 Å². The van der Waals surface area contributed by atoms with Crippen molar-refractivity contribution in [1.29, 1.82) is 0 Å². The molecule has 6 nitrogen and oxygen atoms in total. The number of aryl methyl sites for hydroxylation is 1. The van der Waals surface area contributed by atoms with Crippen molar-refractivity contribution in [1.82, 2.24) is 4.98 Å². The summed E-state index contributed by atoms with van der Waals surface area (Å²) in [6, 6.07) is 0. The molecule has 1 aromatic rings. The monoisotopic (exact) mass is 286 g/mol. The van der Waals surface area contributed by atoms with Crippen LogP contribution in [-0.2, 0) is 9.05 Å². The average molecular weight is 287 g/mol. The number of rotatable bonds is 3. The van der Waals surface area contributed by atoms with Crippen molar-refractivity contribution in [3.63, 3.8) is 0 Å². The van der Waals surface area contributed by atoms with Crippen LogP contribution in [0.3, 0.4) is 0 Å². The predicted octanol–water partition coefficient (Wildman–Crippen LogP) is 2.16. The maximum Gasteiger partial charge on any atom is 0.316 e. The number of nitro groups is 1. The molecule has 0 unspecified atom stereocenters. The zero-order valence-corrected chi connectivity index (χ0v) is 9.80. The van der Waals surface area contributed by atoms with Gasteiger partial charge in [0.25, 0.3) is 15.5 Å². The van der Waals surface area contributed by atoms with Crippen LogP contribution >= 0.6 is 10.7 Å². The van der Waals surface area contributed by atoms with E-state index >= 15 is 0 Å². The maximum absolute atomic E-state index is 12.5. The average Bonchev–Trinajstić information content (AvgIpc) is 2.14. The highest BCUT2D eigenvalue weighted by atomic mass is 35.7. The third kappa shape index (κ3) is 2.67. The number of aromatic nitrogens is 1. The van der Waals surface area contributed by atoms with Crippen LogP contribution in [0.2, 0.25) is 0 Å². The molecule has 0 saturated heterocycles. The molecule has 0 radical (unpaired) electrons. The molecule has 0 N–H and O–H groups in total. The van der Waals surface area contributed by atoms with E-state index in [1.165, 1.54) is 6.92 Å². The standard InChI is InChI=1S/C7H5ClF2N2O4S/c1-3-2-11-4(7(9)10)5(12(13)14)6(3)17(8,15)16/h2,7H,1H3. The first-order valence-electron chi connectivity index (χ1n) is 4.03. The van der Waals surface area contributed by atoms with Crippen molar-refractivity contribution in [3.05, 3.63) is 27.6 Å². The van der Waals surface area contributed by atoms with Gasteiger partial charge in [-0.15, -0.1) is 0 Å². The van der Waals surface area contributed by atoms with Crippen LogP contribution < -0.4 is 0 Å². The molecule has 0 fully saturated rings. The van der Waals surface area contributed by atoms with E-state index in [4.69, 9.17) is 10.7 Å². The van der Waals surface area contributed by atoms with Gasteiger partial charge >= 0.3 is 5.69 Å². The summed E-state index contributed by atoms with van der Waals surface area (Å²) >= 11 is 0. The Labute approximate surface area is 98.8 Å². The van der Waals surface area contributed by atoms with Gasteiger partial charge in [-0.25, -0.2) is 22.2 Å². The molecule has 0 amide bonds. The highest BCUT2D eigenvalue weighted by Gasteiger charge is 2.34. The molecule has 0 aliphatic heterocycles. The van der Waals surface area contributed by atoms with E-state index in [-0.39, 0.29) is 5.56 Å². The van der Waals surface area contributed by atoms with Gasteiger partial charge in [-0.2, -0.15) is 0 Å². The van der Waals surface area contributed by atoms with Crippen molar-refractivity contribution < 1.29 is 22.1 Å². The second kappa shape index (κ2) is 4.49. The Bertz CT molecular complexity index is 575. The summed E-state index contributed by atoms with van der Waals surface area (Å²) in [5.41, 5.74) is -2.68. The molecule has 1 aromatic heterocycles. The number of nitrogens with zero attached hydrogens (tertiary/aromatic N) is 2. The quantitative estimate of drug-likeness (QED) is 0.482. The fourth-order valence-corrected chi connectivity index (χ4v) is 2.66. The summed E-state index contributed by atoms with van der Waals surface area (Å²) in [6.07, 6.45) is -2.47. The molecule has 1 rings (SSSR count). The summed E-state index contributed by atoms with van der Waals surface area (Å²) in [4.78, 5) is 11.6. The molecule has 94 valence electrons. The smallest absolute Gasteiger partial charge is 0.258 e. The Morgan fingerprint density at radius 3 is 2.41 bits per heavy atom. The summed E-state index contributed by atoms with van der Waals surface area (Å²) in [6.45, 7) is 1.17. The lowest BCUT2D eigenvalue weighted by Crippen LogP contribution is -2.07. The lowest BCUT2D eigenvalue weighted by Gasteiger charge is -2.06. The lowest BCUT2D eigenvalue weighted by atomic mass is 10.2. The van der Waals surface area contributed by atoms with Crippen molar-refractivity contribution in [2.75, 3.05) is 0 Å². The van der Waals surface area contributed by atoms with Crippen molar-refractivity contribution in [2.45, 2.75) is 18.2 Å². The Morgan fingerprint density at radius 1 is 1.53 bits per heavy atom. The van der Waals surface area contributed by atoms with Crippen molar-refractivity contribution >= 4 is 25.4 Å². The third-order valence-corrected chi connectivity index (χ3v) is 3.31. The Hall–Kier alpha value is -1.35. The molecule has 0 atom stereocenters. The SMILES string of the molecule is Cc1cnc(C(F)F)c([N+](=O)[O-])c1S(=O)(=O)Cl. The molecule has 1 heterocycles. The highest BCUT2D eigenvalue weighted by Crippen LogP contribution is 2.36. The van der Waals surface area contributed by atoms with Crippen LogP contribution in [0.1, 0.15) is 17.7 Å². The highest BCUT2D eigenvalue weighted by molar-refractivity contribution is 8.13. The fraction of sp³-hybridized carbons (Fsp3) is 0.286. The number of pyridine rings is 1. The minimum Gasteiger partial charge on any atom is -0.258 e. The van der Waals surface area contributed by atoms with Crippen LogP contribution in [0.5, 0.6) is 0 Å². The van der Waals surface area contributed by atoms with Gasteiger partial charge in [0, 0.05) is 16.9 Å². The van der Waals surface area contributed by atoms with E-state index in [0.29, 0.717) is 0 Å². The Morgan fingerprint density at radius 2 is 2.06 bits per heavy atom. The molecule has 0 aliphatic rings. The first kappa shape index (κ1) is 13.7. The second-order valence-corrected chi connectivity index (χ2v) is 5.50. The maximum atomic E-state index is 12.5. The van der Waals surface area contributed by atoms with Crippen LogP contribution in [-0.4, -0.2) is 18.3 Å². The van der Waals surface area contributed by atoms with E-state index in [2.05, 4.69) is 4.98 Å². The molecule has 0 saturated carbocycles. The van der Waals surface area contributed by atoms with Gasteiger partial charge in [-0.1, -0.05) is 0 Å². The largest absolute Gasteiger partial charge is 0.316 e. The van der Waals surface area contributed by atoms with Gasteiger partial charge in [-0.3, -0.25) is 10.1 Å². The lowest BCUT2D eigenvalue weighted by molar-refractivity contribution is -0.389. The van der Waals surface area contributed by atoms with Gasteiger partial charge in [-0.05, 0) is 12.5 Å². The zero-order chi connectivity index (χ0) is 13.4. The van der Waals surface area contributed by atoms with E-state index in [1.807, 2.05) is 0 Å². The number of alkyl halides is 2. The number of hydrogen-bond acceptors (Lipinski definition) is 5. The van der Waals surface area contributed by atoms with Crippen LogP contribution in [0.15, 0.2) is 11.1 Å². The summed E-state index contributed by atoms with van der Waals surface area (Å²) in [5.74, 6) is 0. The van der Waals surface area contributed by atoms with Crippen molar-refractivity contribution in [2.24, 2.45) is 0 Å². The second-order valence-electron chi connectivity index (χ2n) is 3.00. The Kier molecular flexibility index (Phi) is 3.62. The first-order valence-corrected chi connectivity index (χ1v) is 6.34. The normalized spacial score (nSPS) is 11.8. The van der Waals surface area contributed by atoms with Gasteiger partial charge in [0.05, 0.1) is 4.92 Å². The van der Waals surface area contributed by atoms with E-state index in [9.17, 15) is 27.3 Å². The molecular weight excluding hydrogens is 282 g/mol. The summed E-state index contributed by atoms with van der Waals surface area (Å²) < 4.78 is 47.3. The summed E-state index contributed by atoms with van der Waals surface area (Å²) in [7, 11) is 0.477. The van der Waals surface area contributed by atoms with Crippen LogP contribution in [0.4, 0.5) is 14.5 Å². The Balaban J connectivity index is 3.80. The third-order valence-electron chi connectivity index (χ3n) is 1.85. The first-order chi connectivity index (χ1) is 7.66. The molecule has 17 heavy (non-hydrogen) atoms. The van der Waals surface area contributed by atoms with Crippen LogP contribution in [0.25, 0.3) is 0 Å². The molecule has 10 heteroatoms. The number of hydrogen-bond donors (Lipinski definition) is 0. The van der Waals surface area contributed by atoms with Gasteiger partial charge in [0.15, 0.2) is 10.6 Å². The predicted molar refractivity (Wildman–Crippen MR) is 53.6 cm³/mol. The zero-order valence-electron chi connectivity index (χ0n) is 8.22. The fourth-order valence-electron chi connectivity index (χ4n) is 1.23. The van der Waals surface area contributed by atoms with Gasteiger partial charge in [0.1, 0.15) is 0 Å². The minimum atomic E-state index is -4.51. The topological polar surface area (TPSA) is 90.2 Å². The molecule has 0 spiro atoms. The van der Waals surface area contributed by atoms with Gasteiger partial charge < -0.3 is 0 Å². The van der Waals surface area contributed by atoms with Crippen LogP contribution in [0, 0.1) is 17.0 Å². The summed E-state index contributed by atoms with van der Waals surface area (Å²) in [5, 5.41) is 10.7. The number of halogens is 3. The molecular formula is C7H5ClF2N2O4S. The molecule has 0 aromatic carbocycles. The van der Waals surface area contributed by atoms with E-state index in [1.54, 1.807) is 0 Å².